The molecule has 0 atom stereocenters. The largest absolute Gasteiger partial charge is 0.301 e. The van der Waals surface area contributed by atoms with E-state index >= 15 is 0 Å². The van der Waals surface area contributed by atoms with E-state index in [1.165, 1.54) is 32.2 Å². The summed E-state index contributed by atoms with van der Waals surface area (Å²) in [4.78, 5) is 16.6. The van der Waals surface area contributed by atoms with Gasteiger partial charge < -0.3 is 4.90 Å². The molecule has 0 spiro atoms. The fourth-order valence-corrected chi connectivity index (χ4v) is 2.64. The Kier molecular flexibility index (Phi) is 16.8. The highest BCUT2D eigenvalue weighted by molar-refractivity contribution is 5.85. The van der Waals surface area contributed by atoms with Crippen LogP contribution in [0.15, 0.2) is 0 Å². The molecule has 0 aromatic heterocycles. The lowest BCUT2D eigenvalue weighted by atomic mass is 10.1. The lowest BCUT2D eigenvalue weighted by Gasteiger charge is -2.34. The summed E-state index contributed by atoms with van der Waals surface area (Å²) in [5.74, 6) is 0.429. The predicted octanol–water partition coefficient (Wildman–Crippen LogP) is 3.79. The molecule has 0 aromatic carbocycles. The molecule has 1 saturated heterocycles. The summed E-state index contributed by atoms with van der Waals surface area (Å²) in [5, 5.41) is 0. The Labute approximate surface area is 143 Å². The highest BCUT2D eigenvalue weighted by Crippen LogP contribution is 2.06. The molecule has 1 aliphatic heterocycles. The van der Waals surface area contributed by atoms with Crippen LogP contribution in [0.25, 0.3) is 0 Å². The summed E-state index contributed by atoms with van der Waals surface area (Å²) in [6, 6.07) is 0. The third kappa shape index (κ3) is 11.4. The van der Waals surface area contributed by atoms with Crippen molar-refractivity contribution < 1.29 is 4.79 Å². The number of unbranched alkanes of at least 4 members (excludes halogenated alkanes) is 4. The molecule has 0 saturated carbocycles. The Morgan fingerprint density at radius 2 is 1.38 bits per heavy atom. The van der Waals surface area contributed by atoms with Crippen molar-refractivity contribution in [2.45, 2.75) is 58.8 Å². The third-order valence-electron chi connectivity index (χ3n) is 4.00. The first-order valence-electron chi connectivity index (χ1n) is 8.22. The monoisotopic (exact) mass is 340 g/mol. The minimum atomic E-state index is 0. The molecule has 0 bridgehead atoms. The van der Waals surface area contributed by atoms with E-state index in [0.29, 0.717) is 12.3 Å². The smallest absolute Gasteiger partial charge is 0.146 e. The van der Waals surface area contributed by atoms with Crippen LogP contribution in [-0.4, -0.2) is 54.9 Å². The van der Waals surface area contributed by atoms with Crippen molar-refractivity contribution in [2.24, 2.45) is 0 Å². The van der Waals surface area contributed by atoms with Gasteiger partial charge in [0.2, 0.25) is 0 Å². The molecule has 0 aromatic rings. The number of nitrogens with zero attached hydrogens (tertiary/aromatic N) is 2. The van der Waals surface area contributed by atoms with E-state index in [2.05, 4.69) is 23.6 Å². The van der Waals surface area contributed by atoms with Crippen molar-refractivity contribution in [1.82, 2.24) is 9.80 Å². The van der Waals surface area contributed by atoms with E-state index in [9.17, 15) is 4.79 Å². The second-order valence-electron chi connectivity index (χ2n) is 5.82. The second-order valence-corrected chi connectivity index (χ2v) is 5.82. The number of rotatable bonds is 10. The summed E-state index contributed by atoms with van der Waals surface area (Å²) in [7, 11) is 0. The molecule has 1 rings (SSSR count). The van der Waals surface area contributed by atoms with E-state index < -0.39 is 0 Å². The maximum Gasteiger partial charge on any atom is 0.146 e. The van der Waals surface area contributed by atoms with E-state index in [1.807, 2.05) is 0 Å². The lowest BCUT2D eigenvalue weighted by molar-refractivity contribution is -0.120. The topological polar surface area (TPSA) is 23.6 Å². The van der Waals surface area contributed by atoms with Crippen LogP contribution in [0.2, 0.25) is 0 Å². The molecule has 21 heavy (non-hydrogen) atoms. The number of carbonyl (C=O) groups is 1. The van der Waals surface area contributed by atoms with Crippen molar-refractivity contribution in [1.29, 1.82) is 0 Å². The van der Waals surface area contributed by atoms with Crippen LogP contribution >= 0.6 is 24.8 Å². The average molecular weight is 341 g/mol. The van der Waals surface area contributed by atoms with Crippen LogP contribution < -0.4 is 0 Å². The number of piperazine rings is 1. The molecule has 0 radical (unpaired) electrons. The molecule has 0 amide bonds. The number of ketones is 1. The molecular weight excluding hydrogens is 307 g/mol. The Hall–Kier alpha value is 0.170. The fourth-order valence-electron chi connectivity index (χ4n) is 2.64. The van der Waals surface area contributed by atoms with E-state index in [0.717, 1.165) is 45.4 Å². The van der Waals surface area contributed by atoms with Crippen LogP contribution in [0, 0.1) is 0 Å². The Morgan fingerprint density at radius 3 is 1.95 bits per heavy atom. The normalized spacial score (nSPS) is 16.1. The highest BCUT2D eigenvalue weighted by Gasteiger charge is 2.18. The number of hydrogen-bond acceptors (Lipinski definition) is 3. The highest BCUT2D eigenvalue weighted by atomic mass is 35.5. The number of halogens is 2. The maximum absolute atomic E-state index is 11.7. The van der Waals surface area contributed by atoms with Crippen molar-refractivity contribution >= 4 is 30.6 Å². The van der Waals surface area contributed by atoms with Gasteiger partial charge >= 0.3 is 0 Å². The zero-order chi connectivity index (χ0) is 13.9. The van der Waals surface area contributed by atoms with E-state index in [-0.39, 0.29) is 24.8 Å². The van der Waals surface area contributed by atoms with Crippen molar-refractivity contribution in [2.75, 3.05) is 39.3 Å². The molecule has 5 heteroatoms. The standard InChI is InChI=1S/C16H32N2O.2ClH/c1-3-5-7-8-10-17-11-13-18(14-12-17)15-16(19)9-6-4-2;;/h3-15H2,1-2H3;2*1H. The minimum absolute atomic E-state index is 0. The van der Waals surface area contributed by atoms with Gasteiger partial charge in [-0.05, 0) is 19.4 Å². The van der Waals surface area contributed by atoms with Crippen molar-refractivity contribution in [3.05, 3.63) is 0 Å². The van der Waals surface area contributed by atoms with Gasteiger partial charge in [-0.3, -0.25) is 9.69 Å². The second kappa shape index (κ2) is 15.1. The van der Waals surface area contributed by atoms with Gasteiger partial charge in [-0.15, -0.1) is 24.8 Å². The third-order valence-corrected chi connectivity index (χ3v) is 4.00. The number of Topliss-reactive ketones (excluding diaryl/α,β-unsaturated/α-hetero) is 1. The molecule has 128 valence electrons. The number of carbonyl (C=O) groups excluding carboxylic acids is 1. The predicted molar refractivity (Wildman–Crippen MR) is 96.1 cm³/mol. The Balaban J connectivity index is 0. The molecule has 1 fully saturated rings. The summed E-state index contributed by atoms with van der Waals surface area (Å²) < 4.78 is 0. The quantitative estimate of drug-likeness (QED) is 0.565. The van der Waals surface area contributed by atoms with Gasteiger partial charge in [0.05, 0.1) is 6.54 Å². The molecular formula is C16H34Cl2N2O. The van der Waals surface area contributed by atoms with Crippen molar-refractivity contribution in [3.63, 3.8) is 0 Å². The first kappa shape index (κ1) is 23.4. The average Bonchev–Trinajstić information content (AvgIpc) is 2.43. The fraction of sp³-hybridized carbons (Fsp3) is 0.938. The van der Waals surface area contributed by atoms with Crippen molar-refractivity contribution in [3.8, 4) is 0 Å². The summed E-state index contributed by atoms with van der Waals surface area (Å²) in [6.07, 6.45) is 8.33. The van der Waals surface area contributed by atoms with Crippen LogP contribution in [0.3, 0.4) is 0 Å². The van der Waals surface area contributed by atoms with Crippen LogP contribution in [0.5, 0.6) is 0 Å². The summed E-state index contributed by atoms with van der Waals surface area (Å²) in [5.41, 5.74) is 0. The SMILES string of the molecule is CCCCCCN1CCN(CC(=O)CCCC)CC1.Cl.Cl. The Morgan fingerprint density at radius 1 is 0.810 bits per heavy atom. The van der Waals surface area contributed by atoms with Gasteiger partial charge in [-0.1, -0.05) is 39.5 Å². The van der Waals surface area contributed by atoms with Gasteiger partial charge in [0.25, 0.3) is 0 Å². The van der Waals surface area contributed by atoms with Crippen LogP contribution in [0.4, 0.5) is 0 Å². The Bertz CT molecular complexity index is 244. The maximum atomic E-state index is 11.7. The van der Waals surface area contributed by atoms with Gasteiger partial charge in [-0.25, -0.2) is 0 Å². The first-order valence-corrected chi connectivity index (χ1v) is 8.22. The summed E-state index contributed by atoms with van der Waals surface area (Å²) in [6.45, 7) is 10.8. The molecule has 0 aliphatic carbocycles. The molecule has 1 heterocycles. The van der Waals surface area contributed by atoms with Gasteiger partial charge in [0.1, 0.15) is 5.78 Å². The molecule has 3 nitrogen and oxygen atoms in total. The zero-order valence-corrected chi connectivity index (χ0v) is 15.4. The molecule has 1 aliphatic rings. The minimum Gasteiger partial charge on any atom is -0.301 e. The number of hydrogen-bond donors (Lipinski definition) is 0. The zero-order valence-electron chi connectivity index (χ0n) is 13.8. The van der Waals surface area contributed by atoms with Gasteiger partial charge in [-0.2, -0.15) is 0 Å². The molecule has 0 N–H and O–H groups in total. The van der Waals surface area contributed by atoms with Gasteiger partial charge in [0.15, 0.2) is 0 Å². The molecule has 0 unspecified atom stereocenters. The van der Waals surface area contributed by atoms with Crippen LogP contribution in [0.1, 0.15) is 58.8 Å². The van der Waals surface area contributed by atoms with E-state index in [1.54, 1.807) is 0 Å². The lowest BCUT2D eigenvalue weighted by Crippen LogP contribution is -2.48. The van der Waals surface area contributed by atoms with Crippen LogP contribution in [-0.2, 0) is 4.79 Å². The summed E-state index contributed by atoms with van der Waals surface area (Å²) >= 11 is 0. The van der Waals surface area contributed by atoms with E-state index in [4.69, 9.17) is 0 Å². The first-order chi connectivity index (χ1) is 9.26. The van der Waals surface area contributed by atoms with Gasteiger partial charge in [0, 0.05) is 32.6 Å².